The van der Waals surface area contributed by atoms with Crippen molar-refractivity contribution in [3.8, 4) is 0 Å². The Morgan fingerprint density at radius 2 is 2.15 bits per heavy atom. The quantitative estimate of drug-likeness (QED) is 0.763. The van der Waals surface area contributed by atoms with Crippen LogP contribution in [0.25, 0.3) is 0 Å². The molecule has 1 unspecified atom stereocenters. The molecule has 4 nitrogen and oxygen atoms in total. The molecule has 0 aliphatic rings. The molecule has 1 aromatic carbocycles. The lowest BCUT2D eigenvalue weighted by molar-refractivity contribution is 0.129. The minimum absolute atomic E-state index is 0.200. The van der Waals surface area contributed by atoms with Crippen molar-refractivity contribution in [2.75, 3.05) is 11.9 Å². The summed E-state index contributed by atoms with van der Waals surface area (Å²) in [6.45, 7) is 6.09. The maximum absolute atomic E-state index is 13.1. The lowest BCUT2D eigenvalue weighted by Crippen LogP contribution is -2.38. The summed E-state index contributed by atoms with van der Waals surface area (Å²) in [5, 5.41) is 14.7. The Kier molecular flexibility index (Phi) is 5.95. The van der Waals surface area contributed by atoms with Gasteiger partial charge in [0.1, 0.15) is 5.82 Å². The van der Waals surface area contributed by atoms with E-state index in [2.05, 4.69) is 26.6 Å². The molecule has 112 valence electrons. The third kappa shape index (κ3) is 5.88. The van der Waals surface area contributed by atoms with Gasteiger partial charge < -0.3 is 15.7 Å². The first kappa shape index (κ1) is 16.9. The van der Waals surface area contributed by atoms with Crippen LogP contribution in [0.1, 0.15) is 27.2 Å². The Labute approximate surface area is 126 Å². The number of rotatable bonds is 5. The summed E-state index contributed by atoms with van der Waals surface area (Å²) in [4.78, 5) is 11.7. The molecule has 0 fully saturated rings. The molecule has 0 radical (unpaired) electrons. The minimum atomic E-state index is -0.414. The number of aliphatic hydroxyl groups is 1. The van der Waals surface area contributed by atoms with E-state index in [4.69, 9.17) is 0 Å². The van der Waals surface area contributed by atoms with Gasteiger partial charge in [-0.05, 0) is 52.9 Å². The van der Waals surface area contributed by atoms with Gasteiger partial charge in [-0.1, -0.05) is 13.8 Å². The van der Waals surface area contributed by atoms with Gasteiger partial charge in [0.25, 0.3) is 0 Å². The highest BCUT2D eigenvalue weighted by atomic mass is 79.9. The van der Waals surface area contributed by atoms with Gasteiger partial charge in [0.15, 0.2) is 0 Å². The molecule has 20 heavy (non-hydrogen) atoms. The number of anilines is 1. The number of carbonyl (C=O) groups is 1. The predicted octanol–water partition coefficient (Wildman–Crippen LogP) is 3.51. The number of urea groups is 1. The monoisotopic (exact) mass is 346 g/mol. The van der Waals surface area contributed by atoms with Crippen LogP contribution in [0.4, 0.5) is 14.9 Å². The van der Waals surface area contributed by atoms with Gasteiger partial charge >= 0.3 is 6.03 Å². The molecule has 0 aliphatic carbocycles. The van der Waals surface area contributed by atoms with Crippen molar-refractivity contribution < 1.29 is 14.3 Å². The lowest BCUT2D eigenvalue weighted by Gasteiger charge is -2.26. The fourth-order valence-corrected chi connectivity index (χ4v) is 2.32. The molecule has 2 amide bonds. The van der Waals surface area contributed by atoms with Crippen molar-refractivity contribution in [2.24, 2.45) is 5.41 Å². The Bertz CT molecular complexity index is 478. The summed E-state index contributed by atoms with van der Waals surface area (Å²) in [6.07, 6.45) is 0.179. The van der Waals surface area contributed by atoms with Crippen molar-refractivity contribution >= 4 is 27.6 Å². The zero-order valence-corrected chi connectivity index (χ0v) is 13.4. The number of aliphatic hydroxyl groups excluding tert-OH is 1. The molecule has 1 rings (SSSR count). The van der Waals surface area contributed by atoms with Crippen LogP contribution in [0.3, 0.4) is 0 Å². The van der Waals surface area contributed by atoms with Gasteiger partial charge in [0.05, 0.1) is 10.6 Å². The van der Waals surface area contributed by atoms with Crippen LogP contribution in [0, 0.1) is 11.2 Å². The van der Waals surface area contributed by atoms with Gasteiger partial charge in [0.2, 0.25) is 0 Å². The molecular formula is C14H20BrFN2O2. The Hall–Kier alpha value is -1.14. The Balaban J connectivity index is 2.49. The molecule has 0 heterocycles. The smallest absolute Gasteiger partial charge is 0.319 e. The van der Waals surface area contributed by atoms with Crippen LogP contribution in [0.2, 0.25) is 0 Å². The molecule has 0 spiro atoms. The van der Waals surface area contributed by atoms with E-state index in [9.17, 15) is 14.3 Å². The summed E-state index contributed by atoms with van der Waals surface area (Å²) in [6, 6.07) is 3.90. The van der Waals surface area contributed by atoms with E-state index in [0.29, 0.717) is 23.1 Å². The highest BCUT2D eigenvalue weighted by Crippen LogP contribution is 2.22. The topological polar surface area (TPSA) is 61.4 Å². The third-order valence-electron chi connectivity index (χ3n) is 2.75. The average Bonchev–Trinajstić information content (AvgIpc) is 2.30. The third-order valence-corrected chi connectivity index (χ3v) is 3.36. The number of nitrogens with one attached hydrogen (secondary N) is 2. The lowest BCUT2D eigenvalue weighted by atomic mass is 9.87. The van der Waals surface area contributed by atoms with Crippen LogP contribution < -0.4 is 10.6 Å². The van der Waals surface area contributed by atoms with Crippen molar-refractivity contribution in [1.29, 1.82) is 0 Å². The summed E-state index contributed by atoms with van der Waals surface area (Å²) in [5.41, 5.74) is 0.304. The molecule has 0 aromatic heterocycles. The number of benzene rings is 1. The highest BCUT2D eigenvalue weighted by Gasteiger charge is 2.21. The Morgan fingerprint density at radius 3 is 2.70 bits per heavy atom. The average molecular weight is 347 g/mol. The largest absolute Gasteiger partial charge is 0.393 e. The number of hydrogen-bond acceptors (Lipinski definition) is 2. The molecule has 0 aliphatic heterocycles. The first-order chi connectivity index (χ1) is 9.19. The standard InChI is InChI=1S/C14H20BrFN2O2/c1-9(19)7-14(2,3)8-17-13(20)18-10-4-5-12(16)11(15)6-10/h4-6,9,19H,7-8H2,1-3H3,(H2,17,18,20). The van der Waals surface area contributed by atoms with Crippen LogP contribution in [0.15, 0.2) is 22.7 Å². The first-order valence-corrected chi connectivity index (χ1v) is 7.17. The highest BCUT2D eigenvalue weighted by molar-refractivity contribution is 9.10. The normalized spacial score (nSPS) is 12.9. The minimum Gasteiger partial charge on any atom is -0.393 e. The van der Waals surface area contributed by atoms with Crippen molar-refractivity contribution in [1.82, 2.24) is 5.32 Å². The molecule has 3 N–H and O–H groups in total. The van der Waals surface area contributed by atoms with Crippen molar-refractivity contribution in [2.45, 2.75) is 33.3 Å². The van der Waals surface area contributed by atoms with E-state index in [1.54, 1.807) is 6.92 Å². The molecule has 0 saturated carbocycles. The molecule has 1 aromatic rings. The predicted molar refractivity (Wildman–Crippen MR) is 81.2 cm³/mol. The van der Waals surface area contributed by atoms with Crippen LogP contribution >= 0.6 is 15.9 Å². The fraction of sp³-hybridized carbons (Fsp3) is 0.500. The molecule has 1 atom stereocenters. The van der Waals surface area contributed by atoms with Gasteiger partial charge in [0, 0.05) is 12.2 Å². The van der Waals surface area contributed by atoms with Gasteiger partial charge in [-0.15, -0.1) is 0 Å². The van der Waals surface area contributed by atoms with Crippen LogP contribution in [-0.2, 0) is 0 Å². The van der Waals surface area contributed by atoms with Gasteiger partial charge in [-0.3, -0.25) is 0 Å². The first-order valence-electron chi connectivity index (χ1n) is 6.37. The zero-order valence-electron chi connectivity index (χ0n) is 11.8. The van der Waals surface area contributed by atoms with E-state index in [1.807, 2.05) is 13.8 Å². The summed E-state index contributed by atoms with van der Waals surface area (Å²) < 4.78 is 13.4. The van der Waals surface area contributed by atoms with E-state index in [-0.39, 0.29) is 17.3 Å². The SMILES string of the molecule is CC(O)CC(C)(C)CNC(=O)Nc1ccc(F)c(Br)c1. The van der Waals surface area contributed by atoms with E-state index in [0.717, 1.165) is 0 Å². The molecule has 0 saturated heterocycles. The second-order valence-electron chi connectivity index (χ2n) is 5.65. The fourth-order valence-electron chi connectivity index (χ4n) is 1.94. The molecular weight excluding hydrogens is 327 g/mol. The second-order valence-corrected chi connectivity index (χ2v) is 6.51. The molecule has 0 bridgehead atoms. The van der Waals surface area contributed by atoms with E-state index < -0.39 is 6.10 Å². The molecule has 6 heteroatoms. The van der Waals surface area contributed by atoms with Gasteiger partial charge in [-0.2, -0.15) is 0 Å². The zero-order chi connectivity index (χ0) is 15.3. The summed E-state index contributed by atoms with van der Waals surface area (Å²) >= 11 is 3.06. The van der Waals surface area contributed by atoms with Gasteiger partial charge in [-0.25, -0.2) is 9.18 Å². The van der Waals surface area contributed by atoms with E-state index >= 15 is 0 Å². The van der Waals surface area contributed by atoms with Crippen LogP contribution in [0.5, 0.6) is 0 Å². The summed E-state index contributed by atoms with van der Waals surface area (Å²) in [7, 11) is 0. The van der Waals surface area contributed by atoms with E-state index in [1.165, 1.54) is 18.2 Å². The number of halogens is 2. The number of carbonyl (C=O) groups excluding carboxylic acids is 1. The maximum Gasteiger partial charge on any atom is 0.319 e. The Morgan fingerprint density at radius 1 is 1.50 bits per heavy atom. The van der Waals surface area contributed by atoms with Crippen molar-refractivity contribution in [3.63, 3.8) is 0 Å². The maximum atomic E-state index is 13.1. The number of hydrogen-bond donors (Lipinski definition) is 3. The number of amides is 2. The van der Waals surface area contributed by atoms with Crippen LogP contribution in [-0.4, -0.2) is 23.8 Å². The van der Waals surface area contributed by atoms with Crippen molar-refractivity contribution in [3.05, 3.63) is 28.5 Å². The summed E-state index contributed by atoms with van der Waals surface area (Å²) in [5.74, 6) is -0.381. The second kappa shape index (κ2) is 7.04.